The number of nitrogens with two attached hydrogens (primary N) is 1. The quantitative estimate of drug-likeness (QED) is 0.456. The minimum Gasteiger partial charge on any atom is -0.508 e. The number of hydrogen-bond donors (Lipinski definition) is 5. The van der Waals surface area contributed by atoms with Gasteiger partial charge in [0.2, 0.25) is 0 Å². The zero-order chi connectivity index (χ0) is 13.0. The van der Waals surface area contributed by atoms with Crippen LogP contribution in [0.15, 0.2) is 18.2 Å². The van der Waals surface area contributed by atoms with E-state index < -0.39 is 18.1 Å². The lowest BCUT2D eigenvalue weighted by Crippen LogP contribution is -2.43. The smallest absolute Gasteiger partial charge is 0.255 e. The lowest BCUT2D eigenvalue weighted by atomic mass is 10.1. The maximum Gasteiger partial charge on any atom is 0.255 e. The molecule has 0 aromatic heterocycles. The summed E-state index contributed by atoms with van der Waals surface area (Å²) in [4.78, 5) is 11.6. The number of carbonyl (C=O) groups is 1. The molecule has 2 unspecified atom stereocenters. The summed E-state index contributed by atoms with van der Waals surface area (Å²) < 4.78 is 0. The number of aliphatic hydroxyl groups is 1. The molecule has 17 heavy (non-hydrogen) atoms. The lowest BCUT2D eigenvalue weighted by Gasteiger charge is -2.15. The molecule has 0 fully saturated rings. The van der Waals surface area contributed by atoms with E-state index in [0.29, 0.717) is 0 Å². The predicted molar refractivity (Wildman–Crippen MR) is 61.8 cm³/mol. The highest BCUT2D eigenvalue weighted by atomic mass is 16.3. The largest absolute Gasteiger partial charge is 0.508 e. The van der Waals surface area contributed by atoms with Crippen molar-refractivity contribution in [3.05, 3.63) is 23.8 Å². The van der Waals surface area contributed by atoms with Crippen LogP contribution < -0.4 is 11.1 Å². The van der Waals surface area contributed by atoms with Gasteiger partial charge in [0.25, 0.3) is 5.91 Å². The van der Waals surface area contributed by atoms with E-state index >= 15 is 0 Å². The van der Waals surface area contributed by atoms with Gasteiger partial charge in [0, 0.05) is 12.6 Å². The third kappa shape index (κ3) is 3.61. The van der Waals surface area contributed by atoms with Gasteiger partial charge in [0.1, 0.15) is 11.5 Å². The van der Waals surface area contributed by atoms with Crippen molar-refractivity contribution in [3.8, 4) is 11.5 Å². The molecule has 6 N–H and O–H groups in total. The summed E-state index contributed by atoms with van der Waals surface area (Å²) in [7, 11) is 0. The van der Waals surface area contributed by atoms with Gasteiger partial charge in [0.05, 0.1) is 11.7 Å². The Kier molecular flexibility index (Phi) is 4.30. The summed E-state index contributed by atoms with van der Waals surface area (Å²) in [5.74, 6) is -0.909. The number of rotatable bonds is 4. The molecule has 1 amide bonds. The zero-order valence-electron chi connectivity index (χ0n) is 9.42. The highest BCUT2D eigenvalue weighted by molar-refractivity contribution is 5.97. The van der Waals surface area contributed by atoms with Crippen LogP contribution in [0.3, 0.4) is 0 Å². The Morgan fingerprint density at radius 1 is 1.47 bits per heavy atom. The Balaban J connectivity index is 2.67. The summed E-state index contributed by atoms with van der Waals surface area (Å²) >= 11 is 0. The molecule has 1 aromatic carbocycles. The van der Waals surface area contributed by atoms with Crippen molar-refractivity contribution in [2.45, 2.75) is 19.1 Å². The molecular weight excluding hydrogens is 224 g/mol. The molecule has 0 saturated carbocycles. The summed E-state index contributed by atoms with van der Waals surface area (Å²) in [6.07, 6.45) is -0.743. The fraction of sp³-hybridized carbons (Fsp3) is 0.364. The molecular formula is C11H16N2O4. The van der Waals surface area contributed by atoms with Crippen LogP contribution in [-0.2, 0) is 0 Å². The van der Waals surface area contributed by atoms with Gasteiger partial charge >= 0.3 is 0 Å². The van der Waals surface area contributed by atoms with E-state index in [4.69, 9.17) is 10.8 Å². The second-order valence-corrected chi connectivity index (χ2v) is 3.82. The van der Waals surface area contributed by atoms with E-state index in [1.54, 1.807) is 0 Å². The predicted octanol–water partition coefficient (Wildman–Crippen LogP) is -0.464. The van der Waals surface area contributed by atoms with Gasteiger partial charge in [0.15, 0.2) is 0 Å². The van der Waals surface area contributed by atoms with Crippen LogP contribution in [0.5, 0.6) is 11.5 Å². The molecule has 0 saturated heterocycles. The van der Waals surface area contributed by atoms with E-state index in [-0.39, 0.29) is 23.6 Å². The van der Waals surface area contributed by atoms with Crippen LogP contribution in [0.25, 0.3) is 0 Å². The number of phenolic OH excluding ortho intramolecular Hbond substituents is 2. The highest BCUT2D eigenvalue weighted by Gasteiger charge is 2.14. The van der Waals surface area contributed by atoms with Gasteiger partial charge in [-0.15, -0.1) is 0 Å². The van der Waals surface area contributed by atoms with E-state index in [1.807, 2.05) is 0 Å². The Labute approximate surface area is 98.7 Å². The maximum absolute atomic E-state index is 11.6. The van der Waals surface area contributed by atoms with E-state index in [1.165, 1.54) is 19.1 Å². The summed E-state index contributed by atoms with van der Waals surface area (Å²) in [6, 6.07) is 3.06. The minimum absolute atomic E-state index is 0.0391. The van der Waals surface area contributed by atoms with Crippen LogP contribution in [0.1, 0.15) is 17.3 Å². The molecule has 0 aliphatic rings. The van der Waals surface area contributed by atoms with Crippen LogP contribution >= 0.6 is 0 Å². The van der Waals surface area contributed by atoms with Gasteiger partial charge in [-0.3, -0.25) is 4.79 Å². The normalized spacial score (nSPS) is 14.1. The monoisotopic (exact) mass is 240 g/mol. The van der Waals surface area contributed by atoms with Gasteiger partial charge in [-0.25, -0.2) is 0 Å². The SMILES string of the molecule is CC(O)C(N)CNC(=O)c1cc(O)ccc1O. The van der Waals surface area contributed by atoms with E-state index in [0.717, 1.165) is 6.07 Å². The summed E-state index contributed by atoms with van der Waals surface area (Å²) in [5.41, 5.74) is 5.50. The van der Waals surface area contributed by atoms with Crippen molar-refractivity contribution in [2.24, 2.45) is 5.73 Å². The van der Waals surface area contributed by atoms with Crippen molar-refractivity contribution in [2.75, 3.05) is 6.54 Å². The lowest BCUT2D eigenvalue weighted by molar-refractivity contribution is 0.0934. The molecule has 0 heterocycles. The molecule has 6 heteroatoms. The Bertz CT molecular complexity index is 406. The van der Waals surface area contributed by atoms with Gasteiger partial charge in [-0.1, -0.05) is 0 Å². The van der Waals surface area contributed by atoms with E-state index in [2.05, 4.69) is 5.32 Å². The Hall–Kier alpha value is -1.79. The average molecular weight is 240 g/mol. The van der Waals surface area contributed by atoms with Crippen LogP contribution in [0, 0.1) is 0 Å². The molecule has 0 aliphatic carbocycles. The fourth-order valence-corrected chi connectivity index (χ4v) is 1.18. The number of hydrogen-bond acceptors (Lipinski definition) is 5. The molecule has 1 rings (SSSR count). The topological polar surface area (TPSA) is 116 Å². The third-order valence-corrected chi connectivity index (χ3v) is 2.34. The summed E-state index contributed by atoms with van der Waals surface area (Å²) in [5, 5.41) is 30.2. The van der Waals surface area contributed by atoms with Crippen molar-refractivity contribution >= 4 is 5.91 Å². The third-order valence-electron chi connectivity index (χ3n) is 2.34. The molecule has 0 radical (unpaired) electrons. The number of benzene rings is 1. The molecule has 0 spiro atoms. The highest BCUT2D eigenvalue weighted by Crippen LogP contribution is 2.21. The Morgan fingerprint density at radius 2 is 2.12 bits per heavy atom. The molecule has 94 valence electrons. The summed E-state index contributed by atoms with van der Waals surface area (Å²) in [6.45, 7) is 1.59. The van der Waals surface area contributed by atoms with E-state index in [9.17, 15) is 15.0 Å². The first-order valence-electron chi connectivity index (χ1n) is 5.15. The van der Waals surface area contributed by atoms with Crippen molar-refractivity contribution in [1.82, 2.24) is 5.32 Å². The average Bonchev–Trinajstić information content (AvgIpc) is 2.28. The molecule has 0 bridgehead atoms. The zero-order valence-corrected chi connectivity index (χ0v) is 9.42. The molecule has 0 aliphatic heterocycles. The minimum atomic E-state index is -0.743. The van der Waals surface area contributed by atoms with Crippen LogP contribution in [-0.4, -0.2) is 39.9 Å². The second kappa shape index (κ2) is 5.51. The van der Waals surface area contributed by atoms with Gasteiger partial charge < -0.3 is 26.4 Å². The number of aliphatic hydroxyl groups excluding tert-OH is 1. The number of amides is 1. The number of aromatic hydroxyl groups is 2. The first kappa shape index (κ1) is 13.3. The van der Waals surface area contributed by atoms with Gasteiger partial charge in [-0.2, -0.15) is 0 Å². The second-order valence-electron chi connectivity index (χ2n) is 3.82. The first-order chi connectivity index (χ1) is 7.91. The number of phenols is 2. The van der Waals surface area contributed by atoms with Gasteiger partial charge in [-0.05, 0) is 25.1 Å². The number of nitrogens with one attached hydrogen (secondary N) is 1. The van der Waals surface area contributed by atoms with Crippen molar-refractivity contribution < 1.29 is 20.1 Å². The standard InChI is InChI=1S/C11H16N2O4/c1-6(14)9(12)5-13-11(17)8-4-7(15)2-3-10(8)16/h2-4,6,9,14-16H,5,12H2,1H3,(H,13,17). The van der Waals surface area contributed by atoms with Crippen molar-refractivity contribution in [3.63, 3.8) is 0 Å². The molecule has 6 nitrogen and oxygen atoms in total. The van der Waals surface area contributed by atoms with Crippen LogP contribution in [0.4, 0.5) is 0 Å². The number of carbonyl (C=O) groups excluding carboxylic acids is 1. The molecule has 1 aromatic rings. The first-order valence-corrected chi connectivity index (χ1v) is 5.15. The fourth-order valence-electron chi connectivity index (χ4n) is 1.18. The van der Waals surface area contributed by atoms with Crippen molar-refractivity contribution in [1.29, 1.82) is 0 Å². The molecule has 2 atom stereocenters. The maximum atomic E-state index is 11.6. The van der Waals surface area contributed by atoms with Crippen LogP contribution in [0.2, 0.25) is 0 Å². The Morgan fingerprint density at radius 3 is 2.71 bits per heavy atom.